The zero-order chi connectivity index (χ0) is 11.4. The zero-order valence-corrected chi connectivity index (χ0v) is 9.76. The van der Waals surface area contributed by atoms with E-state index in [1.165, 1.54) is 6.07 Å². The molecule has 1 aromatic carbocycles. The molecule has 0 radical (unpaired) electrons. The summed E-state index contributed by atoms with van der Waals surface area (Å²) < 4.78 is 13.1. The fourth-order valence-corrected chi connectivity index (χ4v) is 1.69. The summed E-state index contributed by atoms with van der Waals surface area (Å²) in [6, 6.07) is 4.78. The summed E-state index contributed by atoms with van der Waals surface area (Å²) >= 11 is 5.58. The first-order chi connectivity index (χ1) is 7.04. The van der Waals surface area contributed by atoms with Gasteiger partial charge in [-0.25, -0.2) is 4.39 Å². The Morgan fingerprint density at radius 3 is 2.67 bits per heavy atom. The molecule has 1 nitrogen and oxygen atoms in total. The summed E-state index contributed by atoms with van der Waals surface area (Å²) in [5.41, 5.74) is 0.872. The normalized spacial score (nSPS) is 15.0. The van der Waals surface area contributed by atoms with Crippen LogP contribution in [0.2, 0.25) is 5.02 Å². The van der Waals surface area contributed by atoms with E-state index in [4.69, 9.17) is 11.6 Å². The summed E-state index contributed by atoms with van der Waals surface area (Å²) in [6.45, 7) is 3.89. The smallest absolute Gasteiger partial charge is 0.142 e. The minimum absolute atomic E-state index is 0.135. The Labute approximate surface area is 94.9 Å². The fraction of sp³-hybridized carbons (Fsp3) is 0.500. The number of hydrogen-bond donors (Lipinski definition) is 1. The van der Waals surface area contributed by atoms with Crippen molar-refractivity contribution in [2.45, 2.75) is 32.8 Å². The van der Waals surface area contributed by atoms with Crippen LogP contribution in [0.5, 0.6) is 0 Å². The second kappa shape index (κ2) is 5.47. The van der Waals surface area contributed by atoms with Crippen LogP contribution in [0.15, 0.2) is 18.2 Å². The minimum atomic E-state index is -0.396. The molecule has 0 saturated carbocycles. The SMILES string of the molecule is CCC(O)C(C)Cc1ccc(Cl)c(F)c1. The van der Waals surface area contributed by atoms with Gasteiger partial charge in [0.15, 0.2) is 0 Å². The van der Waals surface area contributed by atoms with Crippen molar-refractivity contribution in [3.05, 3.63) is 34.6 Å². The van der Waals surface area contributed by atoms with Gasteiger partial charge < -0.3 is 5.11 Å². The van der Waals surface area contributed by atoms with E-state index >= 15 is 0 Å². The van der Waals surface area contributed by atoms with Crippen molar-refractivity contribution in [2.75, 3.05) is 0 Å². The highest BCUT2D eigenvalue weighted by Gasteiger charge is 2.13. The number of benzene rings is 1. The van der Waals surface area contributed by atoms with E-state index in [2.05, 4.69) is 0 Å². The van der Waals surface area contributed by atoms with Gasteiger partial charge in [0.2, 0.25) is 0 Å². The molecule has 0 aliphatic carbocycles. The van der Waals surface area contributed by atoms with Crippen LogP contribution in [-0.2, 0) is 6.42 Å². The van der Waals surface area contributed by atoms with E-state index < -0.39 is 5.82 Å². The molecule has 2 unspecified atom stereocenters. The van der Waals surface area contributed by atoms with Gasteiger partial charge in [-0.2, -0.15) is 0 Å². The molecule has 15 heavy (non-hydrogen) atoms. The molecule has 1 aromatic rings. The Morgan fingerprint density at radius 1 is 1.47 bits per heavy atom. The van der Waals surface area contributed by atoms with Gasteiger partial charge in [-0.15, -0.1) is 0 Å². The summed E-state index contributed by atoms with van der Waals surface area (Å²) in [5, 5.41) is 9.73. The number of halogens is 2. The minimum Gasteiger partial charge on any atom is -0.393 e. The highest BCUT2D eigenvalue weighted by atomic mass is 35.5. The lowest BCUT2D eigenvalue weighted by Gasteiger charge is -2.17. The van der Waals surface area contributed by atoms with Gasteiger partial charge in [-0.3, -0.25) is 0 Å². The molecule has 0 spiro atoms. The number of rotatable bonds is 4. The predicted octanol–water partition coefficient (Wildman–Crippen LogP) is 3.43. The maximum absolute atomic E-state index is 13.1. The largest absolute Gasteiger partial charge is 0.393 e. The predicted molar refractivity (Wildman–Crippen MR) is 60.6 cm³/mol. The van der Waals surface area contributed by atoms with Crippen LogP contribution < -0.4 is 0 Å². The molecule has 0 aromatic heterocycles. The third-order valence-corrected chi connectivity index (χ3v) is 2.92. The Balaban J connectivity index is 2.68. The molecule has 84 valence electrons. The van der Waals surface area contributed by atoms with Crippen molar-refractivity contribution in [3.8, 4) is 0 Å². The summed E-state index contributed by atoms with van der Waals surface area (Å²) in [4.78, 5) is 0. The van der Waals surface area contributed by atoms with E-state index in [1.54, 1.807) is 12.1 Å². The molecule has 0 saturated heterocycles. The Bertz CT molecular complexity index is 327. The van der Waals surface area contributed by atoms with E-state index in [-0.39, 0.29) is 17.0 Å². The molecular weight excluding hydrogens is 215 g/mol. The van der Waals surface area contributed by atoms with Crippen molar-refractivity contribution in [3.63, 3.8) is 0 Å². The first-order valence-corrected chi connectivity index (χ1v) is 5.54. The average Bonchev–Trinajstić information content (AvgIpc) is 2.22. The molecule has 3 heteroatoms. The van der Waals surface area contributed by atoms with Gasteiger partial charge in [0, 0.05) is 0 Å². The fourth-order valence-electron chi connectivity index (χ4n) is 1.58. The standard InChI is InChI=1S/C12H16ClFO/c1-3-12(15)8(2)6-9-4-5-10(13)11(14)7-9/h4-5,7-8,12,15H,3,6H2,1-2H3. The maximum Gasteiger partial charge on any atom is 0.142 e. The number of aliphatic hydroxyl groups excluding tert-OH is 1. The molecule has 0 amide bonds. The lowest BCUT2D eigenvalue weighted by molar-refractivity contribution is 0.112. The Kier molecular flexibility index (Phi) is 4.55. The van der Waals surface area contributed by atoms with Crippen molar-refractivity contribution >= 4 is 11.6 Å². The molecular formula is C12H16ClFO. The average molecular weight is 231 g/mol. The molecule has 0 heterocycles. The van der Waals surface area contributed by atoms with Gasteiger partial charge >= 0.3 is 0 Å². The summed E-state index contributed by atoms with van der Waals surface area (Å²) in [6.07, 6.45) is 1.06. The van der Waals surface area contributed by atoms with E-state index in [1.807, 2.05) is 13.8 Å². The second-order valence-corrected chi connectivity index (χ2v) is 4.31. The molecule has 1 N–H and O–H groups in total. The van der Waals surface area contributed by atoms with Crippen molar-refractivity contribution in [1.82, 2.24) is 0 Å². The van der Waals surface area contributed by atoms with Crippen molar-refractivity contribution in [1.29, 1.82) is 0 Å². The molecule has 0 aliphatic heterocycles. The van der Waals surface area contributed by atoms with Crippen LogP contribution in [0.4, 0.5) is 4.39 Å². The monoisotopic (exact) mass is 230 g/mol. The third kappa shape index (κ3) is 3.47. The van der Waals surface area contributed by atoms with Crippen molar-refractivity contribution in [2.24, 2.45) is 5.92 Å². The molecule has 2 atom stereocenters. The summed E-state index contributed by atoms with van der Waals surface area (Å²) in [7, 11) is 0. The van der Waals surface area contributed by atoms with Gasteiger partial charge in [-0.05, 0) is 36.5 Å². The Morgan fingerprint density at radius 2 is 2.13 bits per heavy atom. The molecule has 0 aliphatic rings. The maximum atomic E-state index is 13.1. The van der Waals surface area contributed by atoms with E-state index in [0.717, 1.165) is 12.0 Å². The lowest BCUT2D eigenvalue weighted by Crippen LogP contribution is -2.18. The quantitative estimate of drug-likeness (QED) is 0.840. The highest BCUT2D eigenvalue weighted by Crippen LogP contribution is 2.19. The zero-order valence-electron chi connectivity index (χ0n) is 9.00. The second-order valence-electron chi connectivity index (χ2n) is 3.91. The molecule has 0 bridgehead atoms. The van der Waals surface area contributed by atoms with Crippen LogP contribution in [0, 0.1) is 11.7 Å². The third-order valence-electron chi connectivity index (χ3n) is 2.62. The first-order valence-electron chi connectivity index (χ1n) is 5.16. The van der Waals surface area contributed by atoms with Crippen molar-refractivity contribution < 1.29 is 9.50 Å². The topological polar surface area (TPSA) is 20.2 Å². The van der Waals surface area contributed by atoms with Gasteiger partial charge in [0.25, 0.3) is 0 Å². The van der Waals surface area contributed by atoms with Gasteiger partial charge in [0.1, 0.15) is 5.82 Å². The van der Waals surface area contributed by atoms with Crippen LogP contribution in [0.1, 0.15) is 25.8 Å². The van der Waals surface area contributed by atoms with Gasteiger partial charge in [-0.1, -0.05) is 31.5 Å². The lowest BCUT2D eigenvalue weighted by atomic mass is 9.94. The summed E-state index contributed by atoms with van der Waals surface area (Å²) in [5.74, 6) is -0.261. The van der Waals surface area contributed by atoms with E-state index in [9.17, 15) is 9.50 Å². The van der Waals surface area contributed by atoms with Crippen LogP contribution in [0.3, 0.4) is 0 Å². The van der Waals surface area contributed by atoms with Crippen LogP contribution in [0.25, 0.3) is 0 Å². The van der Waals surface area contributed by atoms with Crippen LogP contribution in [-0.4, -0.2) is 11.2 Å². The number of hydrogen-bond acceptors (Lipinski definition) is 1. The van der Waals surface area contributed by atoms with Gasteiger partial charge in [0.05, 0.1) is 11.1 Å². The number of aliphatic hydroxyl groups is 1. The Hall–Kier alpha value is -0.600. The molecule has 1 rings (SSSR count). The van der Waals surface area contributed by atoms with Crippen LogP contribution >= 0.6 is 11.6 Å². The highest BCUT2D eigenvalue weighted by molar-refractivity contribution is 6.30. The van der Waals surface area contributed by atoms with E-state index in [0.29, 0.717) is 6.42 Å². The molecule has 0 fully saturated rings. The first kappa shape index (κ1) is 12.5.